The fourth-order valence-electron chi connectivity index (χ4n) is 3.31. The number of aromatic nitrogens is 3. The standard InChI is InChI=1S/C23H20N6O/c1-15-27-21(23(30)29-19-8-4-2-6-16(19)13-24)12-22(28-15)25-11-10-17-14-26-20-9-5-3-7-18(17)20/h2-9,12,14,26H,10-11H2,1H3,(H,29,30)(H,25,27,28). The van der Waals surface area contributed by atoms with E-state index in [9.17, 15) is 10.1 Å². The maximum atomic E-state index is 12.7. The number of fused-ring (bicyclic) bond motifs is 1. The van der Waals surface area contributed by atoms with Crippen molar-refractivity contribution in [1.29, 1.82) is 5.26 Å². The van der Waals surface area contributed by atoms with Gasteiger partial charge in [0.15, 0.2) is 0 Å². The summed E-state index contributed by atoms with van der Waals surface area (Å²) in [4.78, 5) is 24.5. The zero-order valence-corrected chi connectivity index (χ0v) is 16.4. The van der Waals surface area contributed by atoms with Crippen LogP contribution >= 0.6 is 0 Å². The highest BCUT2D eigenvalue weighted by atomic mass is 16.1. The number of anilines is 2. The van der Waals surface area contributed by atoms with Gasteiger partial charge in [0.1, 0.15) is 23.4 Å². The quantitative estimate of drug-likeness (QED) is 0.456. The van der Waals surface area contributed by atoms with Gasteiger partial charge in [0.2, 0.25) is 0 Å². The first-order valence-electron chi connectivity index (χ1n) is 9.59. The van der Waals surface area contributed by atoms with Crippen LogP contribution in [0, 0.1) is 18.3 Å². The van der Waals surface area contributed by atoms with E-state index in [1.54, 1.807) is 37.3 Å². The Morgan fingerprint density at radius 2 is 1.93 bits per heavy atom. The van der Waals surface area contributed by atoms with Crippen LogP contribution in [0.4, 0.5) is 11.5 Å². The van der Waals surface area contributed by atoms with E-state index in [0.717, 1.165) is 11.9 Å². The molecule has 0 atom stereocenters. The molecule has 3 N–H and O–H groups in total. The first-order valence-corrected chi connectivity index (χ1v) is 9.59. The molecule has 0 saturated carbocycles. The number of nitrogens with one attached hydrogen (secondary N) is 3. The Labute approximate surface area is 173 Å². The summed E-state index contributed by atoms with van der Waals surface area (Å²) < 4.78 is 0. The van der Waals surface area contributed by atoms with Crippen molar-refractivity contribution in [2.45, 2.75) is 13.3 Å². The molecule has 0 aliphatic rings. The first kappa shape index (κ1) is 19.2. The van der Waals surface area contributed by atoms with Crippen LogP contribution < -0.4 is 10.6 Å². The third-order valence-corrected chi connectivity index (χ3v) is 4.74. The molecule has 4 aromatic rings. The molecule has 4 rings (SSSR count). The predicted octanol–water partition coefficient (Wildman–Crippen LogP) is 4.04. The number of aryl methyl sites for hydroxylation is 1. The molecule has 0 saturated heterocycles. The largest absolute Gasteiger partial charge is 0.370 e. The first-order chi connectivity index (χ1) is 14.6. The number of hydrogen-bond acceptors (Lipinski definition) is 5. The van der Waals surface area contributed by atoms with Gasteiger partial charge in [0.05, 0.1) is 11.3 Å². The average molecular weight is 396 g/mol. The minimum atomic E-state index is -0.386. The van der Waals surface area contributed by atoms with E-state index in [1.807, 2.05) is 18.3 Å². The molecule has 0 bridgehead atoms. The predicted molar refractivity (Wildman–Crippen MR) is 116 cm³/mol. The number of rotatable bonds is 6. The number of hydrogen-bond donors (Lipinski definition) is 3. The highest BCUT2D eigenvalue weighted by Crippen LogP contribution is 2.19. The van der Waals surface area contributed by atoms with Crippen LogP contribution in [0.1, 0.15) is 27.4 Å². The second-order valence-corrected chi connectivity index (χ2v) is 6.83. The summed E-state index contributed by atoms with van der Waals surface area (Å²) in [5.74, 6) is 0.690. The Balaban J connectivity index is 1.45. The summed E-state index contributed by atoms with van der Waals surface area (Å²) in [6.45, 7) is 2.40. The molecular formula is C23H20N6O. The van der Waals surface area contributed by atoms with Gasteiger partial charge in [0.25, 0.3) is 5.91 Å². The number of nitrogens with zero attached hydrogens (tertiary/aromatic N) is 3. The van der Waals surface area contributed by atoms with Gasteiger partial charge in [-0.3, -0.25) is 4.79 Å². The van der Waals surface area contributed by atoms with Crippen molar-refractivity contribution in [2.24, 2.45) is 0 Å². The molecule has 2 heterocycles. The van der Waals surface area contributed by atoms with E-state index < -0.39 is 0 Å². The lowest BCUT2D eigenvalue weighted by Crippen LogP contribution is -2.17. The molecule has 0 spiro atoms. The molecule has 0 aliphatic heterocycles. The summed E-state index contributed by atoms with van der Waals surface area (Å²) >= 11 is 0. The van der Waals surface area contributed by atoms with Crippen molar-refractivity contribution in [3.63, 3.8) is 0 Å². The molecule has 2 aromatic heterocycles. The van der Waals surface area contributed by atoms with Crippen LogP contribution in [-0.2, 0) is 6.42 Å². The van der Waals surface area contributed by atoms with Gasteiger partial charge >= 0.3 is 0 Å². The van der Waals surface area contributed by atoms with Gasteiger partial charge in [-0.1, -0.05) is 30.3 Å². The van der Waals surface area contributed by atoms with Gasteiger partial charge < -0.3 is 15.6 Å². The maximum Gasteiger partial charge on any atom is 0.274 e. The number of nitriles is 1. The third-order valence-electron chi connectivity index (χ3n) is 4.74. The van der Waals surface area contributed by atoms with Gasteiger partial charge in [-0.15, -0.1) is 0 Å². The second-order valence-electron chi connectivity index (χ2n) is 6.83. The Morgan fingerprint density at radius 3 is 2.80 bits per heavy atom. The number of aromatic amines is 1. The van der Waals surface area contributed by atoms with Crippen LogP contribution in [0.3, 0.4) is 0 Å². The number of carbonyl (C=O) groups is 1. The van der Waals surface area contributed by atoms with E-state index >= 15 is 0 Å². The molecule has 2 aromatic carbocycles. The molecule has 148 valence electrons. The van der Waals surface area contributed by atoms with Crippen molar-refractivity contribution >= 4 is 28.3 Å². The van der Waals surface area contributed by atoms with Crippen LogP contribution in [0.5, 0.6) is 0 Å². The van der Waals surface area contributed by atoms with E-state index in [1.165, 1.54) is 10.9 Å². The number of amides is 1. The van der Waals surface area contributed by atoms with Gasteiger partial charge in [-0.2, -0.15) is 5.26 Å². The Bertz CT molecular complexity index is 1250. The van der Waals surface area contributed by atoms with Crippen LogP contribution in [0.2, 0.25) is 0 Å². The normalized spacial score (nSPS) is 10.5. The minimum Gasteiger partial charge on any atom is -0.370 e. The molecule has 30 heavy (non-hydrogen) atoms. The molecule has 0 unspecified atom stereocenters. The highest BCUT2D eigenvalue weighted by Gasteiger charge is 2.13. The lowest BCUT2D eigenvalue weighted by Gasteiger charge is -2.10. The van der Waals surface area contributed by atoms with Crippen molar-refractivity contribution in [3.8, 4) is 6.07 Å². The maximum absolute atomic E-state index is 12.7. The lowest BCUT2D eigenvalue weighted by molar-refractivity contribution is 0.102. The number of carbonyl (C=O) groups excluding carboxylic acids is 1. The molecule has 1 amide bonds. The van der Waals surface area contributed by atoms with E-state index in [2.05, 4.69) is 43.8 Å². The zero-order valence-electron chi connectivity index (χ0n) is 16.4. The molecule has 0 aliphatic carbocycles. The monoisotopic (exact) mass is 396 g/mol. The SMILES string of the molecule is Cc1nc(NCCc2c[nH]c3ccccc23)cc(C(=O)Nc2ccccc2C#N)n1. The van der Waals surface area contributed by atoms with E-state index in [4.69, 9.17) is 0 Å². The average Bonchev–Trinajstić information content (AvgIpc) is 3.17. The van der Waals surface area contributed by atoms with Crippen molar-refractivity contribution in [1.82, 2.24) is 15.0 Å². The summed E-state index contributed by atoms with van der Waals surface area (Å²) in [6, 6.07) is 18.7. The van der Waals surface area contributed by atoms with Crippen molar-refractivity contribution in [2.75, 3.05) is 17.2 Å². The Morgan fingerprint density at radius 1 is 1.13 bits per heavy atom. The summed E-state index contributed by atoms with van der Waals surface area (Å²) in [6.07, 6.45) is 2.83. The summed E-state index contributed by atoms with van der Waals surface area (Å²) in [7, 11) is 0. The smallest absolute Gasteiger partial charge is 0.274 e. The Kier molecular flexibility index (Phi) is 5.39. The third kappa shape index (κ3) is 4.13. The molecule has 0 radical (unpaired) electrons. The van der Waals surface area contributed by atoms with Crippen molar-refractivity contribution < 1.29 is 4.79 Å². The van der Waals surface area contributed by atoms with Crippen LogP contribution in [-0.4, -0.2) is 27.4 Å². The van der Waals surface area contributed by atoms with Crippen LogP contribution in [0.25, 0.3) is 10.9 Å². The topological polar surface area (TPSA) is 106 Å². The fraction of sp³-hybridized carbons (Fsp3) is 0.130. The second kappa shape index (κ2) is 8.45. The number of para-hydroxylation sites is 2. The van der Waals surface area contributed by atoms with Crippen LogP contribution in [0.15, 0.2) is 60.8 Å². The van der Waals surface area contributed by atoms with Gasteiger partial charge in [0, 0.05) is 29.7 Å². The molecule has 0 fully saturated rings. The highest BCUT2D eigenvalue weighted by molar-refractivity contribution is 6.04. The summed E-state index contributed by atoms with van der Waals surface area (Å²) in [5.41, 5.74) is 3.42. The molecule has 7 heteroatoms. The summed E-state index contributed by atoms with van der Waals surface area (Å²) in [5, 5.41) is 16.4. The van der Waals surface area contributed by atoms with E-state index in [-0.39, 0.29) is 11.6 Å². The molecule has 7 nitrogen and oxygen atoms in total. The lowest BCUT2D eigenvalue weighted by atomic mass is 10.1. The number of benzene rings is 2. The zero-order chi connectivity index (χ0) is 20.9. The van der Waals surface area contributed by atoms with E-state index in [0.29, 0.717) is 29.4 Å². The van der Waals surface area contributed by atoms with Crippen molar-refractivity contribution in [3.05, 3.63) is 83.4 Å². The van der Waals surface area contributed by atoms with Gasteiger partial charge in [-0.25, -0.2) is 9.97 Å². The van der Waals surface area contributed by atoms with Gasteiger partial charge in [-0.05, 0) is 37.1 Å². The molecular weight excluding hydrogens is 376 g/mol. The Hall–Kier alpha value is -4.18. The number of H-pyrrole nitrogens is 1. The minimum absolute atomic E-state index is 0.241. The fourth-order valence-corrected chi connectivity index (χ4v) is 3.31.